The molecule has 0 fully saturated rings. The van der Waals surface area contributed by atoms with E-state index in [0.717, 1.165) is 24.6 Å². The highest BCUT2D eigenvalue weighted by Gasteiger charge is 2.11. The summed E-state index contributed by atoms with van der Waals surface area (Å²) >= 11 is 1.73. The normalized spacial score (nSPS) is 12.6. The van der Waals surface area contributed by atoms with Crippen LogP contribution in [0.4, 0.5) is 4.39 Å². The van der Waals surface area contributed by atoms with Crippen LogP contribution < -0.4 is 5.32 Å². The fourth-order valence-corrected chi connectivity index (χ4v) is 3.00. The Morgan fingerprint density at radius 1 is 1.37 bits per heavy atom. The highest BCUT2D eigenvalue weighted by molar-refractivity contribution is 7.10. The Kier molecular flexibility index (Phi) is 4.56. The van der Waals surface area contributed by atoms with Crippen molar-refractivity contribution in [2.75, 3.05) is 0 Å². The fourth-order valence-electron chi connectivity index (χ4n) is 2.08. The molecule has 2 rings (SSSR count). The molecule has 1 aromatic heterocycles. The number of halogens is 1. The lowest BCUT2D eigenvalue weighted by Gasteiger charge is -2.15. The highest BCUT2D eigenvalue weighted by atomic mass is 32.1. The Morgan fingerprint density at radius 3 is 2.84 bits per heavy atom. The standard InChI is InChI=1S/C15H18FNOS/c1-3-11-6-7-19-15(11)9-17-10(2)13-5-4-12(16)8-14(13)18/h4-8,10,17-18H,3,9H2,1-2H3. The van der Waals surface area contributed by atoms with E-state index in [0.29, 0.717) is 0 Å². The van der Waals surface area contributed by atoms with Crippen LogP contribution in [0.3, 0.4) is 0 Å². The van der Waals surface area contributed by atoms with E-state index < -0.39 is 5.82 Å². The van der Waals surface area contributed by atoms with Crippen molar-refractivity contribution < 1.29 is 9.50 Å². The molecule has 0 aliphatic heterocycles. The van der Waals surface area contributed by atoms with Gasteiger partial charge >= 0.3 is 0 Å². The Bertz CT molecular complexity index is 553. The summed E-state index contributed by atoms with van der Waals surface area (Å²) in [7, 11) is 0. The summed E-state index contributed by atoms with van der Waals surface area (Å²) in [6, 6.07) is 6.26. The van der Waals surface area contributed by atoms with E-state index in [1.807, 2.05) is 6.92 Å². The molecule has 0 aliphatic carbocycles. The number of phenolic OH excluding ortho intramolecular Hbond substituents is 1. The van der Waals surface area contributed by atoms with Crippen LogP contribution >= 0.6 is 11.3 Å². The number of aryl methyl sites for hydroxylation is 1. The second-order valence-electron chi connectivity index (χ2n) is 4.53. The Morgan fingerprint density at radius 2 is 2.16 bits per heavy atom. The molecule has 2 aromatic rings. The molecule has 2 N–H and O–H groups in total. The molecule has 0 saturated heterocycles. The van der Waals surface area contributed by atoms with Gasteiger partial charge in [-0.2, -0.15) is 0 Å². The first-order valence-electron chi connectivity index (χ1n) is 6.38. The quantitative estimate of drug-likeness (QED) is 0.867. The Balaban J connectivity index is 2.03. The lowest BCUT2D eigenvalue weighted by Crippen LogP contribution is -2.18. The maximum Gasteiger partial charge on any atom is 0.126 e. The number of hydrogen-bond donors (Lipinski definition) is 2. The number of rotatable bonds is 5. The summed E-state index contributed by atoms with van der Waals surface area (Å²) in [6.45, 7) is 4.87. The van der Waals surface area contributed by atoms with Crippen LogP contribution in [-0.4, -0.2) is 5.11 Å². The van der Waals surface area contributed by atoms with Crippen LogP contribution in [0.5, 0.6) is 5.75 Å². The van der Waals surface area contributed by atoms with E-state index >= 15 is 0 Å². The number of hydrogen-bond acceptors (Lipinski definition) is 3. The van der Waals surface area contributed by atoms with Crippen molar-refractivity contribution in [1.29, 1.82) is 0 Å². The minimum atomic E-state index is -0.417. The van der Waals surface area contributed by atoms with Gasteiger partial charge in [-0.1, -0.05) is 13.0 Å². The zero-order valence-corrected chi connectivity index (χ0v) is 11.9. The van der Waals surface area contributed by atoms with Crippen molar-refractivity contribution in [3.8, 4) is 5.75 Å². The van der Waals surface area contributed by atoms with Crippen molar-refractivity contribution in [2.45, 2.75) is 32.9 Å². The average molecular weight is 279 g/mol. The zero-order valence-electron chi connectivity index (χ0n) is 11.1. The largest absolute Gasteiger partial charge is 0.508 e. The van der Waals surface area contributed by atoms with Crippen molar-refractivity contribution in [1.82, 2.24) is 5.32 Å². The molecular formula is C15H18FNOS. The van der Waals surface area contributed by atoms with Gasteiger partial charge in [0.1, 0.15) is 11.6 Å². The van der Waals surface area contributed by atoms with Crippen LogP contribution in [0.1, 0.15) is 35.9 Å². The fraction of sp³-hybridized carbons (Fsp3) is 0.333. The van der Waals surface area contributed by atoms with Gasteiger partial charge in [0.2, 0.25) is 0 Å². The van der Waals surface area contributed by atoms with Gasteiger partial charge in [0.25, 0.3) is 0 Å². The first-order chi connectivity index (χ1) is 9.11. The molecule has 0 spiro atoms. The molecule has 4 heteroatoms. The van der Waals surface area contributed by atoms with E-state index in [1.54, 1.807) is 17.4 Å². The lowest BCUT2D eigenvalue weighted by molar-refractivity contribution is 0.447. The van der Waals surface area contributed by atoms with Crippen molar-refractivity contribution >= 4 is 11.3 Å². The van der Waals surface area contributed by atoms with E-state index in [9.17, 15) is 9.50 Å². The number of thiophene rings is 1. The Labute approximate surface area is 116 Å². The predicted molar refractivity (Wildman–Crippen MR) is 77.0 cm³/mol. The zero-order chi connectivity index (χ0) is 13.8. The van der Waals surface area contributed by atoms with Gasteiger partial charge in [-0.3, -0.25) is 0 Å². The summed E-state index contributed by atoms with van der Waals surface area (Å²) in [5.41, 5.74) is 2.07. The molecule has 1 heterocycles. The summed E-state index contributed by atoms with van der Waals surface area (Å²) in [5, 5.41) is 15.2. The van der Waals surface area contributed by atoms with Gasteiger partial charge in [0.05, 0.1) is 0 Å². The van der Waals surface area contributed by atoms with Gasteiger partial charge in [-0.15, -0.1) is 11.3 Å². The maximum atomic E-state index is 12.9. The van der Waals surface area contributed by atoms with E-state index in [2.05, 4.69) is 23.7 Å². The first-order valence-corrected chi connectivity index (χ1v) is 7.26. The van der Waals surface area contributed by atoms with E-state index in [1.165, 1.54) is 16.5 Å². The monoisotopic (exact) mass is 279 g/mol. The van der Waals surface area contributed by atoms with Crippen LogP contribution in [0.15, 0.2) is 29.6 Å². The predicted octanol–water partition coefficient (Wildman–Crippen LogP) is 4.01. The molecule has 1 aromatic carbocycles. The van der Waals surface area contributed by atoms with Crippen molar-refractivity contribution in [2.24, 2.45) is 0 Å². The molecule has 102 valence electrons. The smallest absolute Gasteiger partial charge is 0.126 e. The Hall–Kier alpha value is -1.39. The molecule has 0 saturated carbocycles. The third-order valence-corrected chi connectivity index (χ3v) is 4.21. The second-order valence-corrected chi connectivity index (χ2v) is 5.53. The minimum Gasteiger partial charge on any atom is -0.508 e. The van der Waals surface area contributed by atoms with Crippen LogP contribution in [0.25, 0.3) is 0 Å². The van der Waals surface area contributed by atoms with Crippen LogP contribution in [-0.2, 0) is 13.0 Å². The molecule has 0 bridgehead atoms. The van der Waals surface area contributed by atoms with Gasteiger partial charge in [0.15, 0.2) is 0 Å². The van der Waals surface area contributed by atoms with E-state index in [4.69, 9.17) is 0 Å². The minimum absolute atomic E-state index is 0.00175. The molecule has 2 nitrogen and oxygen atoms in total. The SMILES string of the molecule is CCc1ccsc1CNC(C)c1ccc(F)cc1O. The lowest BCUT2D eigenvalue weighted by atomic mass is 10.1. The number of aromatic hydroxyl groups is 1. The summed E-state index contributed by atoms with van der Waals surface area (Å²) in [5.74, 6) is -0.415. The molecule has 0 amide bonds. The molecule has 0 aliphatic rings. The topological polar surface area (TPSA) is 32.3 Å². The van der Waals surface area contributed by atoms with Crippen LogP contribution in [0.2, 0.25) is 0 Å². The maximum absolute atomic E-state index is 12.9. The summed E-state index contributed by atoms with van der Waals surface area (Å²) < 4.78 is 12.9. The molecule has 1 atom stereocenters. The van der Waals surface area contributed by atoms with Gasteiger partial charge < -0.3 is 10.4 Å². The number of benzene rings is 1. The molecule has 0 radical (unpaired) electrons. The third-order valence-electron chi connectivity index (χ3n) is 3.25. The third kappa shape index (κ3) is 3.33. The van der Waals surface area contributed by atoms with Gasteiger partial charge in [-0.05, 0) is 36.4 Å². The van der Waals surface area contributed by atoms with Crippen molar-refractivity contribution in [3.05, 3.63) is 51.5 Å². The molecular weight excluding hydrogens is 261 g/mol. The van der Waals surface area contributed by atoms with Crippen LogP contribution in [0, 0.1) is 5.82 Å². The van der Waals surface area contributed by atoms with E-state index in [-0.39, 0.29) is 11.8 Å². The molecule has 19 heavy (non-hydrogen) atoms. The first kappa shape index (κ1) is 14.0. The van der Waals surface area contributed by atoms with Gasteiger partial charge in [-0.25, -0.2) is 4.39 Å². The highest BCUT2D eigenvalue weighted by Crippen LogP contribution is 2.25. The number of nitrogens with one attached hydrogen (secondary N) is 1. The second kappa shape index (κ2) is 6.17. The van der Waals surface area contributed by atoms with Crippen molar-refractivity contribution in [3.63, 3.8) is 0 Å². The summed E-state index contributed by atoms with van der Waals surface area (Å²) in [6.07, 6.45) is 1.02. The molecule has 1 unspecified atom stereocenters. The summed E-state index contributed by atoms with van der Waals surface area (Å²) in [4.78, 5) is 1.32. The number of phenols is 1. The average Bonchev–Trinajstić information content (AvgIpc) is 2.83. The van der Waals surface area contributed by atoms with Gasteiger partial charge in [0, 0.05) is 29.1 Å².